The summed E-state index contributed by atoms with van der Waals surface area (Å²) < 4.78 is 12.2. The Morgan fingerprint density at radius 1 is 0.962 bits per heavy atom. The normalized spacial score (nSPS) is 24.2. The second kappa shape index (κ2) is 5.08. The zero-order valence-electron chi connectivity index (χ0n) is 15.8. The molecule has 0 unspecified atom stereocenters. The molecule has 1 saturated heterocycles. The molecule has 0 atom stereocenters. The zero-order chi connectivity index (χ0) is 18.2. The van der Waals surface area contributed by atoms with E-state index in [4.69, 9.17) is 9.31 Å². The first-order valence-electron chi connectivity index (χ1n) is 9.36. The molecule has 1 saturated carbocycles. The summed E-state index contributed by atoms with van der Waals surface area (Å²) in [7, 11) is -0.422. The summed E-state index contributed by atoms with van der Waals surface area (Å²) in [6.45, 7) is 9.19. The first-order chi connectivity index (χ1) is 12.3. The molecule has 1 aliphatic carbocycles. The average molecular weight is 349 g/mol. The number of hydrogen-bond donors (Lipinski definition) is 0. The molecule has 2 fully saturated rings. The van der Waals surface area contributed by atoms with Crippen LogP contribution in [0.5, 0.6) is 0 Å². The Kier molecular flexibility index (Phi) is 3.18. The predicted molar refractivity (Wildman–Crippen MR) is 102 cm³/mol. The molecule has 2 aromatic rings. The Hall–Kier alpha value is -1.92. The fourth-order valence-electron chi connectivity index (χ4n) is 3.96. The van der Waals surface area contributed by atoms with Gasteiger partial charge < -0.3 is 14.2 Å². The maximum atomic E-state index is 6.10. The van der Waals surface area contributed by atoms with Crippen LogP contribution in [-0.2, 0) is 14.7 Å². The molecule has 1 aromatic heterocycles. The molecule has 1 spiro atoms. The van der Waals surface area contributed by atoms with Crippen LogP contribution < -0.4 is 10.4 Å². The van der Waals surface area contributed by atoms with Crippen molar-refractivity contribution in [2.45, 2.75) is 57.2 Å². The smallest absolute Gasteiger partial charge is 0.399 e. The lowest BCUT2D eigenvalue weighted by molar-refractivity contribution is 0.00578. The maximum Gasteiger partial charge on any atom is 0.498 e. The molecule has 3 heterocycles. The lowest BCUT2D eigenvalue weighted by atomic mass is 9.81. The van der Waals surface area contributed by atoms with Crippen LogP contribution >= 0.6 is 0 Å². The standard InChI is InChI=1S/C20H24BN3O2/c1-18(2)19(3,4)26-21(25-18)14-11-22-17(23-12-14)24-13-20(9-10-20)15-7-5-6-8-16(15)24/h5-8,11-12H,9-10,13H2,1-4H3. The van der Waals surface area contributed by atoms with Crippen molar-refractivity contribution in [3.8, 4) is 0 Å². The van der Waals surface area contributed by atoms with Crippen LogP contribution in [0.25, 0.3) is 0 Å². The van der Waals surface area contributed by atoms with Gasteiger partial charge in [-0.1, -0.05) is 18.2 Å². The van der Waals surface area contributed by atoms with Gasteiger partial charge in [0, 0.05) is 35.5 Å². The summed E-state index contributed by atoms with van der Waals surface area (Å²) in [5.74, 6) is 0.751. The zero-order valence-corrected chi connectivity index (χ0v) is 15.8. The Morgan fingerprint density at radius 3 is 2.19 bits per heavy atom. The van der Waals surface area contributed by atoms with Gasteiger partial charge in [-0.3, -0.25) is 0 Å². The SMILES string of the molecule is CC1(C)OB(c2cnc(N3CC4(CC4)c4ccccc43)nc2)OC1(C)C. The van der Waals surface area contributed by atoms with Crippen molar-refractivity contribution >= 4 is 24.2 Å². The number of nitrogens with zero attached hydrogens (tertiary/aromatic N) is 3. The number of benzene rings is 1. The van der Waals surface area contributed by atoms with Crippen molar-refractivity contribution in [3.63, 3.8) is 0 Å². The van der Waals surface area contributed by atoms with Gasteiger partial charge >= 0.3 is 7.12 Å². The van der Waals surface area contributed by atoms with Crippen LogP contribution in [0.1, 0.15) is 46.1 Å². The van der Waals surface area contributed by atoms with E-state index in [2.05, 4.69) is 66.8 Å². The Labute approximate surface area is 154 Å². The number of aromatic nitrogens is 2. The van der Waals surface area contributed by atoms with Gasteiger partial charge in [0.05, 0.1) is 11.2 Å². The number of rotatable bonds is 2. The first-order valence-corrected chi connectivity index (χ1v) is 9.36. The lowest BCUT2D eigenvalue weighted by Gasteiger charge is -2.32. The lowest BCUT2D eigenvalue weighted by Crippen LogP contribution is -2.41. The molecule has 1 aromatic carbocycles. The van der Waals surface area contributed by atoms with E-state index in [1.807, 2.05) is 12.4 Å². The molecule has 0 amide bonds. The Morgan fingerprint density at radius 2 is 1.58 bits per heavy atom. The summed E-state index contributed by atoms with van der Waals surface area (Å²) in [5.41, 5.74) is 3.16. The predicted octanol–water partition coefficient (Wildman–Crippen LogP) is 2.96. The molecule has 2 aliphatic heterocycles. The summed E-state index contributed by atoms with van der Waals surface area (Å²) in [5, 5.41) is 0. The fourth-order valence-corrected chi connectivity index (χ4v) is 3.96. The van der Waals surface area contributed by atoms with E-state index in [-0.39, 0.29) is 11.2 Å². The molecule has 26 heavy (non-hydrogen) atoms. The van der Waals surface area contributed by atoms with Crippen LogP contribution in [0.15, 0.2) is 36.7 Å². The largest absolute Gasteiger partial charge is 0.498 e. The van der Waals surface area contributed by atoms with E-state index in [0.29, 0.717) is 5.41 Å². The highest BCUT2D eigenvalue weighted by Crippen LogP contribution is 2.57. The number of para-hydroxylation sites is 1. The van der Waals surface area contributed by atoms with Gasteiger partial charge in [0.25, 0.3) is 0 Å². The van der Waals surface area contributed by atoms with Gasteiger partial charge in [0.2, 0.25) is 5.95 Å². The third-order valence-corrected chi connectivity index (χ3v) is 6.51. The fraction of sp³-hybridized carbons (Fsp3) is 0.500. The minimum Gasteiger partial charge on any atom is -0.399 e. The molecule has 0 N–H and O–H groups in total. The van der Waals surface area contributed by atoms with Crippen molar-refractivity contribution in [1.29, 1.82) is 0 Å². The van der Waals surface area contributed by atoms with Crippen LogP contribution in [-0.4, -0.2) is 34.8 Å². The van der Waals surface area contributed by atoms with E-state index >= 15 is 0 Å². The van der Waals surface area contributed by atoms with Gasteiger partial charge in [-0.05, 0) is 52.2 Å². The Balaban J connectivity index is 1.42. The summed E-state index contributed by atoms with van der Waals surface area (Å²) in [4.78, 5) is 11.5. The second-order valence-electron chi connectivity index (χ2n) is 8.79. The number of hydrogen-bond acceptors (Lipinski definition) is 5. The highest BCUT2D eigenvalue weighted by Gasteiger charge is 2.53. The van der Waals surface area contributed by atoms with Gasteiger partial charge in [-0.25, -0.2) is 9.97 Å². The van der Waals surface area contributed by atoms with Crippen LogP contribution in [0, 0.1) is 0 Å². The maximum absolute atomic E-state index is 6.10. The molecule has 0 bridgehead atoms. The summed E-state index contributed by atoms with van der Waals surface area (Å²) >= 11 is 0. The minimum absolute atomic E-state index is 0.324. The monoisotopic (exact) mass is 349 g/mol. The molecular weight excluding hydrogens is 325 g/mol. The van der Waals surface area contributed by atoms with Gasteiger partial charge in [-0.15, -0.1) is 0 Å². The van der Waals surface area contributed by atoms with Crippen molar-refractivity contribution in [3.05, 3.63) is 42.2 Å². The third-order valence-electron chi connectivity index (χ3n) is 6.51. The van der Waals surface area contributed by atoms with E-state index in [1.165, 1.54) is 24.1 Å². The highest BCUT2D eigenvalue weighted by molar-refractivity contribution is 6.61. The molecule has 0 radical (unpaired) electrons. The van der Waals surface area contributed by atoms with E-state index in [9.17, 15) is 0 Å². The first kappa shape index (κ1) is 16.3. The van der Waals surface area contributed by atoms with Crippen LogP contribution in [0.3, 0.4) is 0 Å². The third kappa shape index (κ3) is 2.25. The summed E-state index contributed by atoms with van der Waals surface area (Å²) in [6.07, 6.45) is 6.19. The van der Waals surface area contributed by atoms with Crippen LogP contribution in [0.2, 0.25) is 0 Å². The molecule has 3 aliphatic rings. The molecular formula is C20H24BN3O2. The van der Waals surface area contributed by atoms with Gasteiger partial charge in [-0.2, -0.15) is 0 Å². The molecule has 5 nitrogen and oxygen atoms in total. The highest BCUT2D eigenvalue weighted by atomic mass is 16.7. The van der Waals surface area contributed by atoms with Crippen molar-refractivity contribution in [2.75, 3.05) is 11.4 Å². The van der Waals surface area contributed by atoms with E-state index < -0.39 is 7.12 Å². The minimum atomic E-state index is -0.422. The van der Waals surface area contributed by atoms with Crippen LogP contribution in [0.4, 0.5) is 11.6 Å². The average Bonchev–Trinajstić information content (AvgIpc) is 3.26. The summed E-state index contributed by atoms with van der Waals surface area (Å²) in [6, 6.07) is 8.64. The second-order valence-corrected chi connectivity index (χ2v) is 8.79. The molecule has 5 rings (SSSR count). The molecule has 6 heteroatoms. The molecule has 134 valence electrons. The van der Waals surface area contributed by atoms with E-state index in [1.54, 1.807) is 0 Å². The Bertz CT molecular complexity index is 846. The van der Waals surface area contributed by atoms with Crippen molar-refractivity contribution < 1.29 is 9.31 Å². The van der Waals surface area contributed by atoms with Crippen molar-refractivity contribution in [1.82, 2.24) is 9.97 Å². The van der Waals surface area contributed by atoms with Gasteiger partial charge in [0.1, 0.15) is 0 Å². The van der Waals surface area contributed by atoms with Gasteiger partial charge in [0.15, 0.2) is 0 Å². The topological polar surface area (TPSA) is 47.5 Å². The van der Waals surface area contributed by atoms with E-state index in [0.717, 1.165) is 18.0 Å². The quantitative estimate of drug-likeness (QED) is 0.780. The number of fused-ring (bicyclic) bond motifs is 2. The number of anilines is 2. The van der Waals surface area contributed by atoms with Crippen molar-refractivity contribution in [2.24, 2.45) is 0 Å².